The third-order valence-corrected chi connectivity index (χ3v) is 2.39. The van der Waals surface area contributed by atoms with Crippen molar-refractivity contribution in [1.82, 2.24) is 4.98 Å². The summed E-state index contributed by atoms with van der Waals surface area (Å²) in [6, 6.07) is 1.49. The molecule has 4 heteroatoms. The molecular formula is C12H14F2N2. The van der Waals surface area contributed by atoms with Crippen LogP contribution in [0.1, 0.15) is 25.3 Å². The molecule has 0 bridgehead atoms. The van der Waals surface area contributed by atoms with E-state index in [1.807, 2.05) is 0 Å². The van der Waals surface area contributed by atoms with E-state index < -0.39 is 11.8 Å². The van der Waals surface area contributed by atoms with Crippen LogP contribution in [0.15, 0.2) is 18.5 Å². The van der Waals surface area contributed by atoms with Gasteiger partial charge in [0.15, 0.2) is 0 Å². The quantitative estimate of drug-likeness (QED) is 0.802. The highest BCUT2D eigenvalue weighted by molar-refractivity contribution is 5.40. The molecule has 0 aliphatic rings. The Balaban J connectivity index is 3.19. The zero-order valence-corrected chi connectivity index (χ0v) is 9.24. The van der Waals surface area contributed by atoms with Crippen LogP contribution in [0.2, 0.25) is 0 Å². The Bertz CT molecular complexity index is 408. The van der Waals surface area contributed by atoms with Crippen molar-refractivity contribution in [2.75, 3.05) is 5.73 Å². The minimum absolute atomic E-state index is 0.297. The van der Waals surface area contributed by atoms with E-state index in [0.29, 0.717) is 11.3 Å². The predicted octanol–water partition coefficient (Wildman–Crippen LogP) is 2.67. The van der Waals surface area contributed by atoms with Crippen molar-refractivity contribution in [3.05, 3.63) is 24.0 Å². The minimum atomic E-state index is -3.19. The predicted molar refractivity (Wildman–Crippen MR) is 60.0 cm³/mol. The molecule has 2 nitrogen and oxygen atoms in total. The summed E-state index contributed by atoms with van der Waals surface area (Å²) in [7, 11) is 0. The van der Waals surface area contributed by atoms with Gasteiger partial charge >= 0.3 is 5.92 Å². The first-order valence-corrected chi connectivity index (χ1v) is 4.94. The average Bonchev–Trinajstić information content (AvgIpc) is 2.17. The lowest BCUT2D eigenvalue weighted by molar-refractivity contribution is 0.0180. The van der Waals surface area contributed by atoms with Crippen LogP contribution in [0.5, 0.6) is 0 Å². The van der Waals surface area contributed by atoms with E-state index in [2.05, 4.69) is 4.98 Å². The summed E-state index contributed by atoms with van der Waals surface area (Å²) in [5, 5.41) is 0. The van der Waals surface area contributed by atoms with Crippen molar-refractivity contribution in [2.45, 2.75) is 25.7 Å². The first kappa shape index (κ1) is 12.4. The van der Waals surface area contributed by atoms with Gasteiger partial charge in [0.25, 0.3) is 0 Å². The van der Waals surface area contributed by atoms with E-state index in [9.17, 15) is 8.78 Å². The molecule has 0 aromatic carbocycles. The van der Waals surface area contributed by atoms with Gasteiger partial charge in [-0.2, -0.15) is 8.78 Å². The molecule has 0 unspecified atom stereocenters. The van der Waals surface area contributed by atoms with Gasteiger partial charge in [0.1, 0.15) is 0 Å². The first-order chi connectivity index (χ1) is 7.38. The number of alkyl halides is 2. The monoisotopic (exact) mass is 224 g/mol. The van der Waals surface area contributed by atoms with Crippen LogP contribution in [0.25, 0.3) is 0 Å². The zero-order valence-electron chi connectivity index (χ0n) is 9.24. The number of halogens is 2. The van der Waals surface area contributed by atoms with Crippen LogP contribution in [-0.2, 0) is 0 Å². The molecule has 1 atom stereocenters. The summed E-state index contributed by atoms with van der Waals surface area (Å²) in [6.07, 6.45) is 7.66. The largest absolute Gasteiger partial charge is 0.397 e. The van der Waals surface area contributed by atoms with Gasteiger partial charge in [0.05, 0.1) is 11.6 Å². The molecule has 0 radical (unpaired) electrons. The average molecular weight is 224 g/mol. The zero-order chi connectivity index (χ0) is 12.3. The Kier molecular flexibility index (Phi) is 3.48. The summed E-state index contributed by atoms with van der Waals surface area (Å²) in [6.45, 7) is 3.39. The Hall–Kier alpha value is -1.63. The van der Waals surface area contributed by atoms with Gasteiger partial charge in [0, 0.05) is 12.4 Å². The molecule has 1 aromatic rings. The summed E-state index contributed by atoms with van der Waals surface area (Å²) in [5.41, 5.74) is 6.25. The van der Waals surface area contributed by atoms with E-state index in [1.165, 1.54) is 24.4 Å². The maximum Gasteiger partial charge on any atom is 0.314 e. The van der Waals surface area contributed by atoms with Crippen LogP contribution >= 0.6 is 0 Å². The summed E-state index contributed by atoms with van der Waals surface area (Å²) in [4.78, 5) is 3.81. The molecule has 0 saturated heterocycles. The fourth-order valence-electron chi connectivity index (χ4n) is 1.75. The van der Waals surface area contributed by atoms with Gasteiger partial charge in [-0.05, 0) is 23.5 Å². The Morgan fingerprint density at radius 2 is 2.06 bits per heavy atom. The van der Waals surface area contributed by atoms with E-state index in [4.69, 9.17) is 12.2 Å². The van der Waals surface area contributed by atoms with Crippen LogP contribution in [0, 0.1) is 18.3 Å². The number of aromatic nitrogens is 1. The number of rotatable bonds is 3. The number of nitrogen functional groups attached to an aromatic ring is 1. The van der Waals surface area contributed by atoms with E-state index in [-0.39, 0.29) is 5.92 Å². The van der Waals surface area contributed by atoms with Crippen LogP contribution < -0.4 is 5.73 Å². The second-order valence-electron chi connectivity index (χ2n) is 4.04. The van der Waals surface area contributed by atoms with Gasteiger partial charge in [0.2, 0.25) is 0 Å². The van der Waals surface area contributed by atoms with Gasteiger partial charge in [-0.3, -0.25) is 4.98 Å². The molecule has 1 aromatic heterocycles. The molecule has 0 aliphatic heterocycles. The van der Waals surface area contributed by atoms with Crippen molar-refractivity contribution < 1.29 is 8.78 Å². The number of hydrogen-bond acceptors (Lipinski definition) is 2. The van der Waals surface area contributed by atoms with Crippen molar-refractivity contribution in [1.29, 1.82) is 0 Å². The normalized spacial score (nSPS) is 13.5. The standard InChI is InChI=1S/C12H14F2N2/c1-4-12(13,14)11(8(2)3)9-5-10(15)7-16-6-9/h1,5-8,11H,15H2,2-3H3/t11-/m1/s1. The van der Waals surface area contributed by atoms with Crippen molar-refractivity contribution >= 4 is 5.69 Å². The second-order valence-corrected chi connectivity index (χ2v) is 4.04. The summed E-state index contributed by atoms with van der Waals surface area (Å²) >= 11 is 0. The lowest BCUT2D eigenvalue weighted by atomic mass is 9.84. The number of anilines is 1. The first-order valence-electron chi connectivity index (χ1n) is 4.94. The molecule has 0 amide bonds. The molecule has 2 N–H and O–H groups in total. The Morgan fingerprint density at radius 1 is 1.44 bits per heavy atom. The van der Waals surface area contributed by atoms with E-state index in [1.54, 1.807) is 13.8 Å². The lowest BCUT2D eigenvalue weighted by Crippen LogP contribution is -2.28. The summed E-state index contributed by atoms with van der Waals surface area (Å²) in [5.74, 6) is -3.01. The summed E-state index contributed by atoms with van der Waals surface area (Å²) < 4.78 is 27.2. The van der Waals surface area contributed by atoms with Gasteiger partial charge in [-0.25, -0.2) is 0 Å². The molecular weight excluding hydrogens is 210 g/mol. The van der Waals surface area contributed by atoms with E-state index in [0.717, 1.165) is 0 Å². The second kappa shape index (κ2) is 4.48. The maximum absolute atomic E-state index is 13.6. The van der Waals surface area contributed by atoms with Gasteiger partial charge < -0.3 is 5.73 Å². The highest BCUT2D eigenvalue weighted by Crippen LogP contribution is 2.38. The third-order valence-electron chi connectivity index (χ3n) is 2.39. The molecule has 0 fully saturated rings. The molecule has 0 saturated carbocycles. The van der Waals surface area contributed by atoms with Crippen LogP contribution in [0.4, 0.5) is 14.5 Å². The fraction of sp³-hybridized carbons (Fsp3) is 0.417. The molecule has 1 rings (SSSR count). The highest BCUT2D eigenvalue weighted by atomic mass is 19.3. The van der Waals surface area contributed by atoms with Crippen molar-refractivity contribution in [3.8, 4) is 12.3 Å². The maximum atomic E-state index is 13.6. The Labute approximate surface area is 93.9 Å². The van der Waals surface area contributed by atoms with Crippen molar-refractivity contribution in [2.24, 2.45) is 5.92 Å². The molecule has 1 heterocycles. The lowest BCUT2D eigenvalue weighted by Gasteiger charge is -2.26. The molecule has 16 heavy (non-hydrogen) atoms. The smallest absolute Gasteiger partial charge is 0.314 e. The molecule has 0 spiro atoms. The third kappa shape index (κ3) is 2.48. The van der Waals surface area contributed by atoms with Crippen molar-refractivity contribution in [3.63, 3.8) is 0 Å². The number of nitrogens with two attached hydrogens (primary N) is 1. The number of pyridine rings is 1. The molecule has 86 valence electrons. The van der Waals surface area contributed by atoms with Gasteiger partial charge in [-0.15, -0.1) is 6.42 Å². The van der Waals surface area contributed by atoms with Gasteiger partial charge in [-0.1, -0.05) is 13.8 Å². The van der Waals surface area contributed by atoms with E-state index >= 15 is 0 Å². The SMILES string of the molecule is C#CC(F)(F)[C@@H](c1cncc(N)c1)C(C)C. The number of nitrogens with zero attached hydrogens (tertiary/aromatic N) is 1. The van der Waals surface area contributed by atoms with Crippen LogP contribution in [-0.4, -0.2) is 10.9 Å². The van der Waals surface area contributed by atoms with Crippen LogP contribution in [0.3, 0.4) is 0 Å². The minimum Gasteiger partial charge on any atom is -0.397 e. The molecule has 0 aliphatic carbocycles. The highest BCUT2D eigenvalue weighted by Gasteiger charge is 2.40. The number of terminal acetylenes is 1. The Morgan fingerprint density at radius 3 is 2.50 bits per heavy atom. The fourth-order valence-corrected chi connectivity index (χ4v) is 1.75. The number of hydrogen-bond donors (Lipinski definition) is 1. The topological polar surface area (TPSA) is 38.9 Å².